The van der Waals surface area contributed by atoms with E-state index in [4.69, 9.17) is 0 Å². The van der Waals surface area contributed by atoms with Gasteiger partial charge in [0.05, 0.1) is 5.92 Å². The molecular weight excluding hydrogens is 460 g/mol. The van der Waals surface area contributed by atoms with E-state index in [9.17, 15) is 27.5 Å². The van der Waals surface area contributed by atoms with Crippen molar-refractivity contribution in [2.24, 2.45) is 17.8 Å². The van der Waals surface area contributed by atoms with Crippen molar-refractivity contribution in [2.45, 2.75) is 45.3 Å². The van der Waals surface area contributed by atoms with Gasteiger partial charge in [-0.3, -0.25) is 9.69 Å². The molecule has 0 aromatic heterocycles. The summed E-state index contributed by atoms with van der Waals surface area (Å²) in [5.41, 5.74) is -1.24. The Bertz CT molecular complexity index is 1100. The predicted molar refractivity (Wildman–Crippen MR) is 124 cm³/mol. The molecule has 1 amide bonds. The number of halogens is 4. The first-order valence-corrected chi connectivity index (χ1v) is 12.1. The average Bonchev–Trinajstić information content (AvgIpc) is 3.22. The Kier molecular flexibility index (Phi) is 6.99. The molecule has 2 heterocycles. The van der Waals surface area contributed by atoms with Crippen LogP contribution in [0.25, 0.3) is 0 Å². The van der Waals surface area contributed by atoms with Crippen LogP contribution in [-0.4, -0.2) is 53.0 Å². The fraction of sp³-hybridized carbons (Fsp3) is 0.519. The number of carbonyl (C=O) groups is 1. The molecule has 0 saturated carbocycles. The van der Waals surface area contributed by atoms with E-state index in [2.05, 4.69) is 4.90 Å². The van der Waals surface area contributed by atoms with Gasteiger partial charge in [0.25, 0.3) is 0 Å². The van der Waals surface area contributed by atoms with Crippen LogP contribution in [0.3, 0.4) is 0 Å². The van der Waals surface area contributed by atoms with Gasteiger partial charge in [0.15, 0.2) is 0 Å². The van der Waals surface area contributed by atoms with Gasteiger partial charge in [0.2, 0.25) is 5.91 Å². The molecule has 0 aliphatic carbocycles. The third-order valence-corrected chi connectivity index (χ3v) is 7.92. The maximum Gasteiger partial charge on any atom is 0.227 e. The lowest BCUT2D eigenvalue weighted by Crippen LogP contribution is -2.57. The van der Waals surface area contributed by atoms with Crippen LogP contribution >= 0.6 is 0 Å². The van der Waals surface area contributed by atoms with Gasteiger partial charge in [-0.05, 0) is 31.5 Å². The number of rotatable bonds is 4. The number of piperidine rings is 1. The number of amides is 1. The van der Waals surface area contributed by atoms with Crippen molar-refractivity contribution in [2.75, 3.05) is 26.2 Å². The summed E-state index contributed by atoms with van der Waals surface area (Å²) in [7, 11) is 0. The van der Waals surface area contributed by atoms with Crippen molar-refractivity contribution in [1.82, 2.24) is 9.80 Å². The third-order valence-electron chi connectivity index (χ3n) is 7.92. The summed E-state index contributed by atoms with van der Waals surface area (Å²) in [5.74, 6) is -5.07. The first-order chi connectivity index (χ1) is 16.4. The molecule has 2 saturated heterocycles. The highest BCUT2D eigenvalue weighted by Gasteiger charge is 2.50. The van der Waals surface area contributed by atoms with Gasteiger partial charge >= 0.3 is 0 Å². The Morgan fingerprint density at radius 2 is 1.49 bits per heavy atom. The Morgan fingerprint density at radius 1 is 0.914 bits per heavy atom. The molecule has 1 N–H and O–H groups in total. The first kappa shape index (κ1) is 25.6. The van der Waals surface area contributed by atoms with E-state index in [1.807, 2.05) is 13.8 Å². The number of hydrogen-bond acceptors (Lipinski definition) is 3. The van der Waals surface area contributed by atoms with E-state index >= 15 is 0 Å². The second-order valence-corrected chi connectivity index (χ2v) is 10.4. The molecule has 2 fully saturated rings. The Balaban J connectivity index is 1.60. The number of nitrogens with zero attached hydrogens (tertiary/aromatic N) is 2. The molecule has 2 unspecified atom stereocenters. The van der Waals surface area contributed by atoms with Crippen LogP contribution in [0.4, 0.5) is 17.6 Å². The molecule has 2 aliphatic heterocycles. The zero-order valence-corrected chi connectivity index (χ0v) is 20.4. The van der Waals surface area contributed by atoms with Gasteiger partial charge in [-0.15, -0.1) is 0 Å². The molecule has 4 nitrogen and oxygen atoms in total. The summed E-state index contributed by atoms with van der Waals surface area (Å²) in [6, 6.07) is 6.75. The molecule has 8 heteroatoms. The van der Waals surface area contributed by atoms with Crippen LogP contribution in [0, 0.1) is 41.0 Å². The molecule has 190 valence electrons. The lowest BCUT2D eigenvalue weighted by atomic mass is 9.70. The smallest absolute Gasteiger partial charge is 0.227 e. The Labute approximate surface area is 203 Å². The number of benzene rings is 2. The van der Waals surface area contributed by atoms with E-state index < -0.39 is 52.5 Å². The second-order valence-electron chi connectivity index (χ2n) is 10.4. The fourth-order valence-electron chi connectivity index (χ4n) is 5.88. The molecule has 2 aromatic carbocycles. The number of hydrogen-bond donors (Lipinski definition) is 1. The van der Waals surface area contributed by atoms with Crippen molar-refractivity contribution >= 4 is 5.91 Å². The summed E-state index contributed by atoms with van der Waals surface area (Å²) in [6.07, 6.45) is 0. The molecule has 0 spiro atoms. The highest BCUT2D eigenvalue weighted by Crippen LogP contribution is 2.44. The van der Waals surface area contributed by atoms with Gasteiger partial charge in [-0.2, -0.15) is 0 Å². The summed E-state index contributed by atoms with van der Waals surface area (Å²) in [5, 5.41) is 11.5. The minimum Gasteiger partial charge on any atom is -0.384 e. The summed E-state index contributed by atoms with van der Waals surface area (Å²) < 4.78 is 56.3. The topological polar surface area (TPSA) is 43.8 Å². The van der Waals surface area contributed by atoms with Gasteiger partial charge in [-0.1, -0.05) is 26.0 Å². The summed E-state index contributed by atoms with van der Waals surface area (Å²) in [4.78, 5) is 17.5. The molecule has 0 bridgehead atoms. The predicted octanol–water partition coefficient (Wildman–Crippen LogP) is 4.67. The Morgan fingerprint density at radius 3 is 2.03 bits per heavy atom. The lowest BCUT2D eigenvalue weighted by Gasteiger charge is -2.48. The number of carbonyl (C=O) groups excluding carboxylic acids is 1. The Hall–Kier alpha value is -2.45. The van der Waals surface area contributed by atoms with Gasteiger partial charge < -0.3 is 10.0 Å². The number of likely N-dealkylation sites (tertiary alicyclic amines) is 2. The van der Waals surface area contributed by atoms with Gasteiger partial charge in [0.1, 0.15) is 28.9 Å². The SMILES string of the molecule is CC(C)N1CC(C(=O)N2C[C@H](C)C(O)(c3ccc(F)cc3F)[C@@H](C)C2)C(c2ccc(F)cc2F)C1. The highest BCUT2D eigenvalue weighted by atomic mass is 19.1. The first-order valence-electron chi connectivity index (χ1n) is 12.1. The fourth-order valence-corrected chi connectivity index (χ4v) is 5.88. The van der Waals surface area contributed by atoms with Crippen molar-refractivity contribution in [1.29, 1.82) is 0 Å². The maximum absolute atomic E-state index is 14.7. The average molecular weight is 493 g/mol. The van der Waals surface area contributed by atoms with Crippen molar-refractivity contribution in [3.8, 4) is 0 Å². The monoisotopic (exact) mass is 492 g/mol. The molecule has 4 rings (SSSR count). The van der Waals surface area contributed by atoms with Crippen LogP contribution in [0.5, 0.6) is 0 Å². The zero-order chi connectivity index (χ0) is 25.7. The van der Waals surface area contributed by atoms with E-state index in [1.54, 1.807) is 18.7 Å². The van der Waals surface area contributed by atoms with Crippen molar-refractivity contribution in [3.63, 3.8) is 0 Å². The van der Waals surface area contributed by atoms with Crippen molar-refractivity contribution in [3.05, 3.63) is 70.8 Å². The second kappa shape index (κ2) is 9.54. The lowest BCUT2D eigenvalue weighted by molar-refractivity contribution is -0.153. The highest BCUT2D eigenvalue weighted by molar-refractivity contribution is 5.81. The van der Waals surface area contributed by atoms with Crippen LogP contribution in [0.1, 0.15) is 44.7 Å². The standard InChI is InChI=1S/C27H32F4N2O2/c1-15(2)32-13-21(20-7-5-18(28)9-24(20)30)22(14-32)26(34)33-11-16(3)27(35,17(4)12-33)23-8-6-19(29)10-25(23)31/h5-10,15-17,21-22,35H,11-14H2,1-4H3/t16-,17-,21?,22?/m0/s1. The molecule has 0 radical (unpaired) electrons. The van der Waals surface area contributed by atoms with Gasteiger partial charge in [-0.25, -0.2) is 17.6 Å². The quantitative estimate of drug-likeness (QED) is 0.631. The van der Waals surface area contributed by atoms with Crippen LogP contribution in [-0.2, 0) is 10.4 Å². The molecule has 2 aromatic rings. The normalized spacial score (nSPS) is 27.0. The maximum atomic E-state index is 14.7. The largest absolute Gasteiger partial charge is 0.384 e. The molecular formula is C27H32F4N2O2. The van der Waals surface area contributed by atoms with E-state index in [0.29, 0.717) is 18.7 Å². The van der Waals surface area contributed by atoms with Gasteiger partial charge in [0, 0.05) is 67.7 Å². The zero-order valence-electron chi connectivity index (χ0n) is 20.4. The minimum absolute atomic E-state index is 0.0177. The number of aliphatic hydroxyl groups is 1. The summed E-state index contributed by atoms with van der Waals surface area (Å²) in [6.45, 7) is 8.76. The van der Waals surface area contributed by atoms with Crippen LogP contribution in [0.15, 0.2) is 36.4 Å². The summed E-state index contributed by atoms with van der Waals surface area (Å²) >= 11 is 0. The molecule has 2 aliphatic rings. The third kappa shape index (κ3) is 4.58. The van der Waals surface area contributed by atoms with E-state index in [1.165, 1.54) is 18.2 Å². The molecule has 35 heavy (non-hydrogen) atoms. The van der Waals surface area contributed by atoms with Crippen LogP contribution < -0.4 is 0 Å². The van der Waals surface area contributed by atoms with E-state index in [0.717, 1.165) is 18.2 Å². The van der Waals surface area contributed by atoms with Crippen molar-refractivity contribution < 1.29 is 27.5 Å². The van der Waals surface area contributed by atoms with Crippen LogP contribution in [0.2, 0.25) is 0 Å². The van der Waals surface area contributed by atoms with E-state index in [-0.39, 0.29) is 30.6 Å². The molecule has 4 atom stereocenters. The minimum atomic E-state index is -1.57.